The van der Waals surface area contributed by atoms with Gasteiger partial charge in [0.1, 0.15) is 6.04 Å². The lowest BCUT2D eigenvalue weighted by molar-refractivity contribution is -0.140. The van der Waals surface area contributed by atoms with Crippen LogP contribution in [0, 0.1) is 0 Å². The van der Waals surface area contributed by atoms with Crippen LogP contribution in [0.5, 0.6) is 0 Å². The number of carbonyl (C=O) groups excluding carboxylic acids is 2. The molecule has 1 saturated heterocycles. The lowest BCUT2D eigenvalue weighted by Crippen LogP contribution is -2.49. The summed E-state index contributed by atoms with van der Waals surface area (Å²) in [6.45, 7) is 3.48. The Labute approximate surface area is 173 Å². The van der Waals surface area contributed by atoms with Gasteiger partial charge < -0.3 is 15.0 Å². The number of ether oxygens (including phenoxy) is 1. The minimum Gasteiger partial charge on any atom is -0.376 e. The molecule has 0 radical (unpaired) electrons. The smallest absolute Gasteiger partial charge is 0.242 e. The van der Waals surface area contributed by atoms with Crippen LogP contribution in [0.25, 0.3) is 0 Å². The lowest BCUT2D eigenvalue weighted by atomic mass is 10.1. The van der Waals surface area contributed by atoms with Gasteiger partial charge in [-0.2, -0.15) is 0 Å². The number of carbonyl (C=O) groups is 2. The van der Waals surface area contributed by atoms with Gasteiger partial charge in [-0.05, 0) is 37.3 Å². The molecule has 154 valence electrons. The second-order valence-electron chi connectivity index (χ2n) is 7.55. The monoisotopic (exact) mass is 394 g/mol. The van der Waals surface area contributed by atoms with Crippen molar-refractivity contribution < 1.29 is 14.3 Å². The first-order valence-electron chi connectivity index (χ1n) is 10.4. The summed E-state index contributed by atoms with van der Waals surface area (Å²) in [5.41, 5.74) is 2.13. The highest BCUT2D eigenvalue weighted by atomic mass is 16.5. The van der Waals surface area contributed by atoms with E-state index in [4.69, 9.17) is 4.74 Å². The molecule has 29 heavy (non-hydrogen) atoms. The summed E-state index contributed by atoms with van der Waals surface area (Å²) in [7, 11) is 0. The fraction of sp³-hybridized carbons (Fsp3) is 0.417. The normalized spacial score (nSPS) is 16.9. The Kier molecular flexibility index (Phi) is 7.82. The molecule has 0 saturated carbocycles. The Balaban J connectivity index is 1.63. The van der Waals surface area contributed by atoms with Crippen LogP contribution in [-0.4, -0.2) is 42.0 Å². The number of amides is 2. The maximum absolute atomic E-state index is 13.0. The van der Waals surface area contributed by atoms with Crippen molar-refractivity contribution in [3.8, 4) is 0 Å². The van der Waals surface area contributed by atoms with Gasteiger partial charge in [-0.25, -0.2) is 0 Å². The molecule has 3 rings (SSSR count). The quantitative estimate of drug-likeness (QED) is 0.710. The maximum atomic E-state index is 13.0. The number of nitrogens with zero attached hydrogens (tertiary/aromatic N) is 1. The molecule has 2 atom stereocenters. The molecule has 2 aromatic rings. The molecule has 2 aromatic carbocycles. The van der Waals surface area contributed by atoms with Crippen LogP contribution in [0.1, 0.15) is 37.3 Å². The molecule has 0 aromatic heterocycles. The van der Waals surface area contributed by atoms with Crippen molar-refractivity contribution in [3.63, 3.8) is 0 Å². The molecule has 5 nitrogen and oxygen atoms in total. The highest BCUT2D eigenvalue weighted by Crippen LogP contribution is 2.14. The minimum absolute atomic E-state index is 0.0162. The van der Waals surface area contributed by atoms with Crippen LogP contribution in [0.3, 0.4) is 0 Å². The summed E-state index contributed by atoms with van der Waals surface area (Å²) in [6.07, 6.45) is 3.13. The zero-order valence-corrected chi connectivity index (χ0v) is 17.0. The number of aryl methyl sites for hydroxylation is 1. The van der Waals surface area contributed by atoms with Gasteiger partial charge in [-0.3, -0.25) is 9.59 Å². The van der Waals surface area contributed by atoms with Crippen LogP contribution in [0.4, 0.5) is 0 Å². The summed E-state index contributed by atoms with van der Waals surface area (Å²) in [6, 6.07) is 19.2. The van der Waals surface area contributed by atoms with Crippen LogP contribution < -0.4 is 5.32 Å². The third-order valence-corrected chi connectivity index (χ3v) is 5.36. The van der Waals surface area contributed by atoms with Crippen molar-refractivity contribution in [2.75, 3.05) is 13.2 Å². The van der Waals surface area contributed by atoms with E-state index >= 15 is 0 Å². The number of rotatable bonds is 9. The predicted octanol–water partition coefficient (Wildman–Crippen LogP) is 3.33. The van der Waals surface area contributed by atoms with Crippen molar-refractivity contribution in [2.24, 2.45) is 0 Å². The number of benzene rings is 2. The van der Waals surface area contributed by atoms with Gasteiger partial charge >= 0.3 is 0 Å². The number of hydrogen-bond donors (Lipinski definition) is 1. The van der Waals surface area contributed by atoms with Gasteiger partial charge in [0, 0.05) is 26.1 Å². The Morgan fingerprint density at radius 1 is 1.07 bits per heavy atom. The third-order valence-electron chi connectivity index (χ3n) is 5.36. The molecule has 0 unspecified atom stereocenters. The van der Waals surface area contributed by atoms with Crippen LogP contribution in [-0.2, 0) is 27.3 Å². The van der Waals surface area contributed by atoms with Crippen molar-refractivity contribution in [3.05, 3.63) is 71.8 Å². The maximum Gasteiger partial charge on any atom is 0.242 e. The van der Waals surface area contributed by atoms with Gasteiger partial charge in [0.05, 0.1) is 6.10 Å². The molecule has 0 bridgehead atoms. The van der Waals surface area contributed by atoms with E-state index in [0.717, 1.165) is 30.6 Å². The van der Waals surface area contributed by atoms with Crippen LogP contribution >= 0.6 is 0 Å². The van der Waals surface area contributed by atoms with Crippen LogP contribution in [0.15, 0.2) is 60.7 Å². The van der Waals surface area contributed by atoms with E-state index in [1.807, 2.05) is 60.7 Å². The van der Waals surface area contributed by atoms with Gasteiger partial charge in [-0.1, -0.05) is 60.7 Å². The van der Waals surface area contributed by atoms with E-state index in [-0.39, 0.29) is 17.9 Å². The number of nitrogens with one attached hydrogen (secondary N) is 1. The van der Waals surface area contributed by atoms with E-state index in [0.29, 0.717) is 25.9 Å². The van der Waals surface area contributed by atoms with Crippen molar-refractivity contribution in [2.45, 2.75) is 51.3 Å². The van der Waals surface area contributed by atoms with Gasteiger partial charge in [0.15, 0.2) is 0 Å². The average molecular weight is 395 g/mol. The van der Waals surface area contributed by atoms with E-state index in [2.05, 4.69) is 5.32 Å². The zero-order valence-electron chi connectivity index (χ0n) is 17.0. The summed E-state index contributed by atoms with van der Waals surface area (Å²) >= 11 is 0. The minimum atomic E-state index is -0.542. The largest absolute Gasteiger partial charge is 0.376 e. The van der Waals surface area contributed by atoms with E-state index in [1.165, 1.54) is 0 Å². The third kappa shape index (κ3) is 6.43. The molecule has 0 aliphatic carbocycles. The summed E-state index contributed by atoms with van der Waals surface area (Å²) in [4.78, 5) is 27.5. The van der Waals surface area contributed by atoms with Crippen molar-refractivity contribution in [1.29, 1.82) is 0 Å². The first kappa shape index (κ1) is 21.1. The Hall–Kier alpha value is -2.66. The van der Waals surface area contributed by atoms with Crippen molar-refractivity contribution in [1.82, 2.24) is 10.2 Å². The van der Waals surface area contributed by atoms with Gasteiger partial charge in [-0.15, -0.1) is 0 Å². The Morgan fingerprint density at radius 3 is 2.34 bits per heavy atom. The summed E-state index contributed by atoms with van der Waals surface area (Å²) < 4.78 is 5.58. The first-order valence-corrected chi connectivity index (χ1v) is 10.4. The molecule has 1 aliphatic heterocycles. The molecular weight excluding hydrogens is 364 g/mol. The van der Waals surface area contributed by atoms with E-state index in [9.17, 15) is 9.59 Å². The molecule has 1 aliphatic rings. The van der Waals surface area contributed by atoms with Crippen LogP contribution in [0.2, 0.25) is 0 Å². The molecule has 5 heteroatoms. The molecule has 0 spiro atoms. The number of hydrogen-bond acceptors (Lipinski definition) is 3. The van der Waals surface area contributed by atoms with E-state index in [1.54, 1.807) is 11.8 Å². The molecule has 1 heterocycles. The first-order chi connectivity index (χ1) is 14.1. The highest BCUT2D eigenvalue weighted by Gasteiger charge is 2.27. The fourth-order valence-corrected chi connectivity index (χ4v) is 3.57. The predicted molar refractivity (Wildman–Crippen MR) is 113 cm³/mol. The van der Waals surface area contributed by atoms with E-state index < -0.39 is 6.04 Å². The van der Waals surface area contributed by atoms with Gasteiger partial charge in [0.25, 0.3) is 0 Å². The Bertz CT molecular complexity index is 773. The summed E-state index contributed by atoms with van der Waals surface area (Å²) in [5.74, 6) is -0.151. The average Bonchev–Trinajstić information content (AvgIpc) is 3.29. The Morgan fingerprint density at radius 2 is 1.72 bits per heavy atom. The topological polar surface area (TPSA) is 58.6 Å². The lowest BCUT2D eigenvalue weighted by Gasteiger charge is -2.29. The molecule has 1 N–H and O–H groups in total. The molecule has 1 fully saturated rings. The SMILES string of the molecule is C[C@@H](C(=O)NC[C@H]1CCCO1)N(Cc1ccccc1)C(=O)CCc1ccccc1. The molecule has 2 amide bonds. The highest BCUT2D eigenvalue weighted by molar-refractivity contribution is 5.87. The molecular formula is C24H30N2O3. The fourth-order valence-electron chi connectivity index (χ4n) is 3.57. The standard InChI is InChI=1S/C24H30N2O3/c1-19(24(28)25-17-22-13-8-16-29-22)26(18-21-11-6-3-7-12-21)23(27)15-14-20-9-4-2-5-10-20/h2-7,9-12,19,22H,8,13-18H2,1H3,(H,25,28)/t19-,22+/m0/s1. The van der Waals surface area contributed by atoms with Gasteiger partial charge in [0.2, 0.25) is 11.8 Å². The van der Waals surface area contributed by atoms with Crippen molar-refractivity contribution >= 4 is 11.8 Å². The second-order valence-corrected chi connectivity index (χ2v) is 7.55. The zero-order chi connectivity index (χ0) is 20.5. The second kappa shape index (κ2) is 10.8. The summed E-state index contributed by atoms with van der Waals surface area (Å²) in [5, 5.41) is 2.96.